The molecule has 0 aliphatic heterocycles. The Bertz CT molecular complexity index is 570. The Hall–Kier alpha value is -2.04. The molecule has 0 aliphatic rings. The highest BCUT2D eigenvalue weighted by Crippen LogP contribution is 2.24. The van der Waals surface area contributed by atoms with Crippen molar-refractivity contribution in [1.82, 2.24) is 9.97 Å². The quantitative estimate of drug-likeness (QED) is 0.916. The Balaban J connectivity index is 2.43. The van der Waals surface area contributed by atoms with E-state index in [0.29, 0.717) is 17.2 Å². The van der Waals surface area contributed by atoms with Crippen molar-refractivity contribution >= 4 is 5.82 Å². The first kappa shape index (κ1) is 13.4. The second kappa shape index (κ2) is 5.73. The molecule has 0 spiro atoms. The number of nitrogen functional groups attached to an aromatic ring is 1. The smallest absolute Gasteiger partial charge is 0.263 e. The first-order chi connectivity index (χ1) is 9.10. The number of hydrogen-bond donors (Lipinski definition) is 1. The van der Waals surface area contributed by atoms with Crippen LogP contribution < -0.4 is 5.73 Å². The van der Waals surface area contributed by atoms with Crippen molar-refractivity contribution in [3.63, 3.8) is 0 Å². The van der Waals surface area contributed by atoms with Crippen LogP contribution in [0.2, 0.25) is 0 Å². The van der Waals surface area contributed by atoms with E-state index in [9.17, 15) is 8.78 Å². The third-order valence-electron chi connectivity index (χ3n) is 2.70. The summed E-state index contributed by atoms with van der Waals surface area (Å²) in [7, 11) is 0. The summed E-state index contributed by atoms with van der Waals surface area (Å²) < 4.78 is 25.4. The molecule has 1 aromatic heterocycles. The molecule has 1 aromatic carbocycles. The third kappa shape index (κ3) is 3.24. The second-order valence-electron chi connectivity index (χ2n) is 4.28. The normalized spacial score (nSPS) is 10.9. The molecule has 0 bridgehead atoms. The van der Waals surface area contributed by atoms with E-state index in [0.717, 1.165) is 18.5 Å². The van der Waals surface area contributed by atoms with E-state index in [2.05, 4.69) is 9.97 Å². The van der Waals surface area contributed by atoms with Crippen LogP contribution in [0.1, 0.15) is 31.0 Å². The van der Waals surface area contributed by atoms with Gasteiger partial charge in [-0.15, -0.1) is 0 Å². The summed E-state index contributed by atoms with van der Waals surface area (Å²) >= 11 is 0. The number of nitrogens with zero attached hydrogens (tertiary/aromatic N) is 2. The van der Waals surface area contributed by atoms with E-state index < -0.39 is 6.43 Å². The minimum absolute atomic E-state index is 0.0411. The maximum atomic E-state index is 12.7. The van der Waals surface area contributed by atoms with Crippen LogP contribution in [0.4, 0.5) is 14.6 Å². The molecular formula is C14H15F2N3. The van der Waals surface area contributed by atoms with Gasteiger partial charge in [0.2, 0.25) is 0 Å². The molecule has 2 N–H and O–H groups in total. The average molecular weight is 263 g/mol. The Kier molecular flexibility index (Phi) is 4.04. The lowest BCUT2D eigenvalue weighted by Gasteiger charge is -2.07. The van der Waals surface area contributed by atoms with Gasteiger partial charge in [0, 0.05) is 22.9 Å². The lowest BCUT2D eigenvalue weighted by Crippen LogP contribution is -2.00. The van der Waals surface area contributed by atoms with Gasteiger partial charge in [0.1, 0.15) is 5.82 Å². The van der Waals surface area contributed by atoms with Crippen molar-refractivity contribution in [3.8, 4) is 11.4 Å². The Labute approximate surface area is 110 Å². The molecule has 0 saturated heterocycles. The minimum Gasteiger partial charge on any atom is -0.384 e. The molecule has 2 aromatic rings. The molecule has 100 valence electrons. The van der Waals surface area contributed by atoms with Crippen molar-refractivity contribution in [2.45, 2.75) is 26.2 Å². The molecule has 0 fully saturated rings. The molecule has 0 aliphatic carbocycles. The SMILES string of the molecule is CCCc1cc(N)nc(-c2cccc(C(F)F)c2)n1. The summed E-state index contributed by atoms with van der Waals surface area (Å²) in [5.41, 5.74) is 7.07. The molecule has 0 saturated carbocycles. The maximum Gasteiger partial charge on any atom is 0.263 e. The minimum atomic E-state index is -2.50. The van der Waals surface area contributed by atoms with Crippen LogP contribution >= 0.6 is 0 Å². The highest BCUT2D eigenvalue weighted by molar-refractivity contribution is 5.58. The standard InChI is InChI=1S/C14H15F2N3/c1-2-4-11-8-12(17)19-14(18-11)10-6-3-5-9(7-10)13(15)16/h3,5-8,13H,2,4H2,1H3,(H2,17,18,19). The molecule has 0 radical (unpaired) electrons. The van der Waals surface area contributed by atoms with Gasteiger partial charge in [-0.3, -0.25) is 0 Å². The number of aryl methyl sites for hydroxylation is 1. The lowest BCUT2D eigenvalue weighted by molar-refractivity contribution is 0.151. The number of benzene rings is 1. The van der Waals surface area contributed by atoms with Crippen molar-refractivity contribution in [2.24, 2.45) is 0 Å². The van der Waals surface area contributed by atoms with Gasteiger partial charge in [-0.25, -0.2) is 18.7 Å². The van der Waals surface area contributed by atoms with Crippen LogP contribution in [0.15, 0.2) is 30.3 Å². The number of anilines is 1. The Morgan fingerprint density at radius 1 is 1.21 bits per heavy atom. The Morgan fingerprint density at radius 3 is 2.68 bits per heavy atom. The van der Waals surface area contributed by atoms with Crippen molar-refractivity contribution in [3.05, 3.63) is 41.6 Å². The molecule has 0 unspecified atom stereocenters. The predicted octanol–water partition coefficient (Wildman–Crippen LogP) is 3.62. The number of hydrogen-bond acceptors (Lipinski definition) is 3. The van der Waals surface area contributed by atoms with Gasteiger partial charge in [0.15, 0.2) is 5.82 Å². The summed E-state index contributed by atoms with van der Waals surface area (Å²) in [6, 6.07) is 7.77. The maximum absolute atomic E-state index is 12.7. The van der Waals surface area contributed by atoms with Crippen LogP contribution in [0.25, 0.3) is 11.4 Å². The number of rotatable bonds is 4. The van der Waals surface area contributed by atoms with E-state index in [1.807, 2.05) is 6.92 Å². The molecule has 2 rings (SSSR count). The van der Waals surface area contributed by atoms with E-state index in [-0.39, 0.29) is 5.56 Å². The van der Waals surface area contributed by atoms with Crippen molar-refractivity contribution in [1.29, 1.82) is 0 Å². The number of aromatic nitrogens is 2. The van der Waals surface area contributed by atoms with Gasteiger partial charge < -0.3 is 5.73 Å². The fourth-order valence-electron chi connectivity index (χ4n) is 1.85. The van der Waals surface area contributed by atoms with Crippen LogP contribution in [-0.2, 0) is 6.42 Å². The van der Waals surface area contributed by atoms with Gasteiger partial charge in [-0.05, 0) is 12.5 Å². The summed E-state index contributed by atoms with van der Waals surface area (Å²) in [6.07, 6.45) is -0.780. The van der Waals surface area contributed by atoms with Gasteiger partial charge >= 0.3 is 0 Å². The van der Waals surface area contributed by atoms with Gasteiger partial charge in [0.05, 0.1) is 0 Å². The zero-order chi connectivity index (χ0) is 13.8. The summed E-state index contributed by atoms with van der Waals surface area (Å²) in [6.45, 7) is 2.04. The lowest BCUT2D eigenvalue weighted by atomic mass is 10.1. The van der Waals surface area contributed by atoms with Crippen LogP contribution in [-0.4, -0.2) is 9.97 Å². The second-order valence-corrected chi connectivity index (χ2v) is 4.28. The van der Waals surface area contributed by atoms with E-state index >= 15 is 0 Å². The van der Waals surface area contributed by atoms with Crippen LogP contribution in [0.5, 0.6) is 0 Å². The number of halogens is 2. The number of nitrogens with two attached hydrogens (primary N) is 1. The first-order valence-electron chi connectivity index (χ1n) is 6.12. The summed E-state index contributed by atoms with van der Waals surface area (Å²) in [5.74, 6) is 0.752. The molecule has 1 heterocycles. The summed E-state index contributed by atoms with van der Waals surface area (Å²) in [5, 5.41) is 0. The molecule has 0 atom stereocenters. The largest absolute Gasteiger partial charge is 0.384 e. The van der Waals surface area contributed by atoms with Crippen LogP contribution in [0, 0.1) is 0 Å². The topological polar surface area (TPSA) is 51.8 Å². The molecule has 5 heteroatoms. The van der Waals surface area contributed by atoms with Gasteiger partial charge in [-0.1, -0.05) is 31.5 Å². The fourth-order valence-corrected chi connectivity index (χ4v) is 1.85. The number of alkyl halides is 2. The molecular weight excluding hydrogens is 248 g/mol. The van der Waals surface area contributed by atoms with Crippen molar-refractivity contribution in [2.75, 3.05) is 5.73 Å². The molecule has 3 nitrogen and oxygen atoms in total. The summed E-state index contributed by atoms with van der Waals surface area (Å²) in [4.78, 5) is 8.47. The monoisotopic (exact) mass is 263 g/mol. The predicted molar refractivity (Wildman–Crippen MR) is 70.8 cm³/mol. The highest BCUT2D eigenvalue weighted by atomic mass is 19.3. The first-order valence-corrected chi connectivity index (χ1v) is 6.12. The molecule has 0 amide bonds. The van der Waals surface area contributed by atoms with E-state index in [1.54, 1.807) is 18.2 Å². The van der Waals surface area contributed by atoms with Crippen molar-refractivity contribution < 1.29 is 8.78 Å². The zero-order valence-corrected chi connectivity index (χ0v) is 10.6. The average Bonchev–Trinajstić information content (AvgIpc) is 2.38. The van der Waals surface area contributed by atoms with Gasteiger partial charge in [0.25, 0.3) is 6.43 Å². The van der Waals surface area contributed by atoms with E-state index in [4.69, 9.17) is 5.73 Å². The van der Waals surface area contributed by atoms with Gasteiger partial charge in [-0.2, -0.15) is 0 Å². The highest BCUT2D eigenvalue weighted by Gasteiger charge is 2.10. The fraction of sp³-hybridized carbons (Fsp3) is 0.286. The zero-order valence-electron chi connectivity index (χ0n) is 10.6. The Morgan fingerprint density at radius 2 is 2.00 bits per heavy atom. The molecule has 19 heavy (non-hydrogen) atoms. The third-order valence-corrected chi connectivity index (χ3v) is 2.70. The van der Waals surface area contributed by atoms with E-state index in [1.165, 1.54) is 12.1 Å². The van der Waals surface area contributed by atoms with Crippen LogP contribution in [0.3, 0.4) is 0 Å².